The number of fused-ring (bicyclic) bond motifs is 1. The molecular weight excluding hydrogens is 318 g/mol. The molecule has 0 spiro atoms. The smallest absolute Gasteiger partial charge is 0.271 e. The average molecular weight is 341 g/mol. The van der Waals surface area contributed by atoms with Crippen molar-refractivity contribution in [1.29, 1.82) is 0 Å². The zero-order chi connectivity index (χ0) is 17.6. The summed E-state index contributed by atoms with van der Waals surface area (Å²) in [7, 11) is 1.52. The summed E-state index contributed by atoms with van der Waals surface area (Å²) in [6, 6.07) is 11.2. The number of aromatic nitrogens is 2. The quantitative estimate of drug-likeness (QED) is 0.816. The maximum Gasteiger partial charge on any atom is 0.271 e. The Morgan fingerprint density at radius 2 is 2.16 bits per heavy atom. The summed E-state index contributed by atoms with van der Waals surface area (Å²) in [5.74, 6) is -0.279. The lowest BCUT2D eigenvalue weighted by molar-refractivity contribution is 0.0392. The highest BCUT2D eigenvalue weighted by Gasteiger charge is 2.19. The van der Waals surface area contributed by atoms with E-state index in [9.17, 15) is 9.59 Å². The third kappa shape index (κ3) is 4.33. The predicted octanol–water partition coefficient (Wildman–Crippen LogP) is 1.99. The third-order valence-electron chi connectivity index (χ3n) is 4.43. The van der Waals surface area contributed by atoms with E-state index in [4.69, 9.17) is 4.74 Å². The van der Waals surface area contributed by atoms with Crippen molar-refractivity contribution in [3.63, 3.8) is 0 Å². The summed E-state index contributed by atoms with van der Waals surface area (Å²) in [6.45, 7) is 1.11. The molecule has 1 heterocycles. The molecule has 6 nitrogen and oxygen atoms in total. The second kappa shape index (κ2) is 8.07. The number of aryl methyl sites for hydroxylation is 2. The summed E-state index contributed by atoms with van der Waals surface area (Å²) in [6.07, 6.45) is 4.21. The van der Waals surface area contributed by atoms with Gasteiger partial charge in [-0.25, -0.2) is 4.68 Å². The zero-order valence-electron chi connectivity index (χ0n) is 14.4. The summed E-state index contributed by atoms with van der Waals surface area (Å²) in [5.41, 5.74) is 2.68. The molecule has 1 aromatic heterocycles. The zero-order valence-corrected chi connectivity index (χ0v) is 14.4. The van der Waals surface area contributed by atoms with Crippen molar-refractivity contribution in [2.24, 2.45) is 7.05 Å². The van der Waals surface area contributed by atoms with Crippen molar-refractivity contribution < 1.29 is 9.53 Å². The van der Waals surface area contributed by atoms with Gasteiger partial charge in [0.15, 0.2) is 0 Å². The molecule has 0 bridgehead atoms. The second-order valence-electron chi connectivity index (χ2n) is 6.24. The number of carbonyl (C=O) groups excluding carboxylic acids is 1. The monoisotopic (exact) mass is 341 g/mol. The van der Waals surface area contributed by atoms with Crippen LogP contribution in [0, 0.1) is 0 Å². The van der Waals surface area contributed by atoms with E-state index in [1.165, 1.54) is 30.3 Å². The van der Waals surface area contributed by atoms with Crippen LogP contribution < -0.4 is 10.9 Å². The summed E-state index contributed by atoms with van der Waals surface area (Å²) in [4.78, 5) is 23.3. The van der Waals surface area contributed by atoms with Crippen LogP contribution in [0.15, 0.2) is 41.2 Å². The van der Waals surface area contributed by atoms with E-state index < -0.39 is 0 Å². The van der Waals surface area contributed by atoms with Crippen molar-refractivity contribution in [3.8, 4) is 0 Å². The number of amides is 1. The number of hydrogen-bond donors (Lipinski definition) is 1. The van der Waals surface area contributed by atoms with Gasteiger partial charge < -0.3 is 10.1 Å². The first-order valence-corrected chi connectivity index (χ1v) is 8.67. The number of hydrogen-bond acceptors (Lipinski definition) is 4. The Labute approximate surface area is 146 Å². The predicted molar refractivity (Wildman–Crippen MR) is 94.5 cm³/mol. The van der Waals surface area contributed by atoms with E-state index in [1.807, 2.05) is 0 Å². The van der Waals surface area contributed by atoms with Crippen LogP contribution in [0.1, 0.15) is 47.0 Å². The first-order chi connectivity index (χ1) is 12.1. The van der Waals surface area contributed by atoms with E-state index >= 15 is 0 Å². The molecule has 0 aliphatic heterocycles. The Hall–Kier alpha value is -2.47. The van der Waals surface area contributed by atoms with Gasteiger partial charge in [0.1, 0.15) is 5.69 Å². The molecule has 1 aliphatic carbocycles. The van der Waals surface area contributed by atoms with Crippen molar-refractivity contribution in [2.75, 3.05) is 13.2 Å². The Morgan fingerprint density at radius 1 is 1.32 bits per heavy atom. The molecule has 1 aromatic carbocycles. The summed E-state index contributed by atoms with van der Waals surface area (Å²) in [5, 5.41) is 6.74. The van der Waals surface area contributed by atoms with Crippen molar-refractivity contribution in [2.45, 2.75) is 31.8 Å². The average Bonchev–Trinajstić information content (AvgIpc) is 2.63. The molecule has 0 saturated heterocycles. The van der Waals surface area contributed by atoms with Crippen LogP contribution in [0.2, 0.25) is 0 Å². The molecule has 132 valence electrons. The highest BCUT2D eigenvalue weighted by Crippen LogP contribution is 2.32. The molecule has 25 heavy (non-hydrogen) atoms. The third-order valence-corrected chi connectivity index (χ3v) is 4.43. The Morgan fingerprint density at radius 3 is 3.00 bits per heavy atom. The van der Waals surface area contributed by atoms with Crippen molar-refractivity contribution in [1.82, 2.24) is 15.1 Å². The number of carbonyl (C=O) groups is 1. The molecule has 2 aromatic rings. The minimum absolute atomic E-state index is 0.158. The molecule has 0 radical (unpaired) electrons. The molecule has 1 amide bonds. The van der Waals surface area contributed by atoms with Gasteiger partial charge >= 0.3 is 0 Å². The Bertz CT molecular complexity index is 800. The number of rotatable bonds is 6. The lowest BCUT2D eigenvalue weighted by atomic mass is 9.89. The van der Waals surface area contributed by atoms with Crippen LogP contribution in [0.25, 0.3) is 0 Å². The van der Waals surface area contributed by atoms with Gasteiger partial charge in [-0.05, 0) is 42.9 Å². The standard InChI is InChI=1S/C19H23N3O3/c1-22-18(23)11-10-16(21-22)19(24)20-12-5-13-25-17-9-4-7-14-6-2-3-8-15(14)17/h2-3,6,8,10-11,17H,4-5,7,9,12-13H2,1H3,(H,20,24). The molecule has 1 aliphatic rings. The van der Waals surface area contributed by atoms with Gasteiger partial charge in [-0.2, -0.15) is 5.10 Å². The van der Waals surface area contributed by atoms with Gasteiger partial charge in [0.25, 0.3) is 11.5 Å². The SMILES string of the molecule is Cn1nc(C(=O)NCCCOC2CCCc3ccccc32)ccc1=O. The van der Waals surface area contributed by atoms with Crippen LogP contribution >= 0.6 is 0 Å². The largest absolute Gasteiger partial charge is 0.373 e. The van der Waals surface area contributed by atoms with E-state index in [2.05, 4.69) is 34.7 Å². The molecular formula is C19H23N3O3. The maximum absolute atomic E-state index is 12.0. The lowest BCUT2D eigenvalue weighted by Crippen LogP contribution is -2.29. The topological polar surface area (TPSA) is 73.2 Å². The lowest BCUT2D eigenvalue weighted by Gasteiger charge is -2.25. The van der Waals surface area contributed by atoms with E-state index in [0.717, 1.165) is 30.4 Å². The summed E-state index contributed by atoms with van der Waals surface area (Å²) >= 11 is 0. The molecule has 1 atom stereocenters. The fourth-order valence-corrected chi connectivity index (χ4v) is 3.10. The van der Waals surface area contributed by atoms with Crippen LogP contribution in [-0.2, 0) is 18.2 Å². The molecule has 1 N–H and O–H groups in total. The van der Waals surface area contributed by atoms with Gasteiger partial charge in [-0.3, -0.25) is 9.59 Å². The number of benzene rings is 1. The minimum Gasteiger partial charge on any atom is -0.373 e. The van der Waals surface area contributed by atoms with Gasteiger partial charge in [0.05, 0.1) is 6.10 Å². The Balaban J connectivity index is 1.43. The van der Waals surface area contributed by atoms with Crippen LogP contribution in [0.5, 0.6) is 0 Å². The normalized spacial score (nSPS) is 16.3. The highest BCUT2D eigenvalue weighted by atomic mass is 16.5. The minimum atomic E-state index is -0.279. The molecule has 0 saturated carbocycles. The first kappa shape index (κ1) is 17.4. The molecule has 1 unspecified atom stereocenters. The van der Waals surface area contributed by atoms with Crippen LogP contribution in [-0.4, -0.2) is 28.8 Å². The Kier molecular flexibility index (Phi) is 5.60. The molecule has 6 heteroatoms. The van der Waals surface area contributed by atoms with Crippen molar-refractivity contribution in [3.05, 3.63) is 63.6 Å². The van der Waals surface area contributed by atoms with Gasteiger partial charge in [0, 0.05) is 26.3 Å². The fourth-order valence-electron chi connectivity index (χ4n) is 3.10. The van der Waals surface area contributed by atoms with E-state index in [0.29, 0.717) is 13.2 Å². The number of nitrogens with zero attached hydrogens (tertiary/aromatic N) is 2. The van der Waals surface area contributed by atoms with E-state index in [1.54, 1.807) is 0 Å². The number of ether oxygens (including phenoxy) is 1. The molecule has 3 rings (SSSR count). The van der Waals surface area contributed by atoms with Crippen LogP contribution in [0.4, 0.5) is 0 Å². The maximum atomic E-state index is 12.0. The second-order valence-corrected chi connectivity index (χ2v) is 6.24. The fraction of sp³-hybridized carbons (Fsp3) is 0.421. The first-order valence-electron chi connectivity index (χ1n) is 8.67. The molecule has 0 fully saturated rings. The van der Waals surface area contributed by atoms with Gasteiger partial charge in [-0.15, -0.1) is 0 Å². The number of nitrogens with one attached hydrogen (secondary N) is 1. The van der Waals surface area contributed by atoms with E-state index in [-0.39, 0.29) is 23.3 Å². The van der Waals surface area contributed by atoms with Gasteiger partial charge in [0.2, 0.25) is 0 Å². The highest BCUT2D eigenvalue weighted by molar-refractivity contribution is 5.91. The van der Waals surface area contributed by atoms with Crippen molar-refractivity contribution >= 4 is 5.91 Å². The van der Waals surface area contributed by atoms with Gasteiger partial charge in [-0.1, -0.05) is 24.3 Å². The van der Waals surface area contributed by atoms with Crippen LogP contribution in [0.3, 0.4) is 0 Å². The summed E-state index contributed by atoms with van der Waals surface area (Å²) < 4.78 is 7.17.